The lowest BCUT2D eigenvalue weighted by atomic mass is 9.92. The van der Waals surface area contributed by atoms with Gasteiger partial charge in [-0.05, 0) is 30.4 Å². The number of nitrogens with zero attached hydrogens (tertiary/aromatic N) is 2. The lowest BCUT2D eigenvalue weighted by Gasteiger charge is -2.24. The summed E-state index contributed by atoms with van der Waals surface area (Å²) in [6.45, 7) is 1.77. The zero-order valence-corrected chi connectivity index (χ0v) is 13.9. The van der Waals surface area contributed by atoms with E-state index in [9.17, 15) is 0 Å². The van der Waals surface area contributed by atoms with Crippen molar-refractivity contribution in [1.82, 2.24) is 15.1 Å². The third kappa shape index (κ3) is 3.26. The van der Waals surface area contributed by atoms with E-state index in [4.69, 9.17) is 0 Å². The molecule has 0 radical (unpaired) electrons. The van der Waals surface area contributed by atoms with Gasteiger partial charge in [-0.25, -0.2) is 0 Å². The van der Waals surface area contributed by atoms with Crippen LogP contribution in [0, 0.1) is 0 Å². The van der Waals surface area contributed by atoms with E-state index in [0.29, 0.717) is 6.04 Å². The first-order valence-corrected chi connectivity index (χ1v) is 8.76. The van der Waals surface area contributed by atoms with Crippen molar-refractivity contribution in [2.75, 3.05) is 0 Å². The van der Waals surface area contributed by atoms with Gasteiger partial charge >= 0.3 is 0 Å². The minimum absolute atomic E-state index is 0.415. The van der Waals surface area contributed by atoms with Gasteiger partial charge in [0.15, 0.2) is 0 Å². The molecule has 1 aliphatic carbocycles. The fraction of sp³-hybridized carbons (Fsp3) is 0.286. The van der Waals surface area contributed by atoms with Gasteiger partial charge < -0.3 is 5.32 Å². The molecule has 0 unspecified atom stereocenters. The van der Waals surface area contributed by atoms with Crippen molar-refractivity contribution in [3.05, 3.63) is 89.2 Å². The molecule has 1 atom stereocenters. The van der Waals surface area contributed by atoms with Gasteiger partial charge in [-0.3, -0.25) is 4.68 Å². The van der Waals surface area contributed by atoms with Crippen LogP contribution in [0.5, 0.6) is 0 Å². The van der Waals surface area contributed by atoms with Crippen LogP contribution in [-0.4, -0.2) is 9.78 Å². The Morgan fingerprint density at radius 2 is 1.67 bits per heavy atom. The van der Waals surface area contributed by atoms with Gasteiger partial charge in [0.2, 0.25) is 0 Å². The monoisotopic (exact) mass is 317 g/mol. The summed E-state index contributed by atoms with van der Waals surface area (Å²) in [5.41, 5.74) is 5.42. The molecular weight excluding hydrogens is 294 g/mol. The Hall–Kier alpha value is -2.39. The molecule has 24 heavy (non-hydrogen) atoms. The quantitative estimate of drug-likeness (QED) is 0.768. The van der Waals surface area contributed by atoms with E-state index in [0.717, 1.165) is 19.5 Å². The molecule has 0 fully saturated rings. The van der Waals surface area contributed by atoms with Crippen LogP contribution < -0.4 is 5.32 Å². The predicted molar refractivity (Wildman–Crippen MR) is 96.7 cm³/mol. The molecule has 2 aromatic carbocycles. The van der Waals surface area contributed by atoms with Crippen LogP contribution in [0.3, 0.4) is 0 Å². The van der Waals surface area contributed by atoms with Crippen LogP contribution in [0.1, 0.15) is 41.3 Å². The van der Waals surface area contributed by atoms with Crippen molar-refractivity contribution in [3.63, 3.8) is 0 Å². The van der Waals surface area contributed by atoms with Gasteiger partial charge in [0.25, 0.3) is 0 Å². The third-order valence-electron chi connectivity index (χ3n) is 4.83. The van der Waals surface area contributed by atoms with E-state index >= 15 is 0 Å². The van der Waals surface area contributed by atoms with Crippen LogP contribution in [0.4, 0.5) is 0 Å². The Morgan fingerprint density at radius 1 is 0.958 bits per heavy atom. The molecule has 3 aromatic rings. The summed E-state index contributed by atoms with van der Waals surface area (Å²) in [4.78, 5) is 0. The molecule has 0 saturated heterocycles. The summed E-state index contributed by atoms with van der Waals surface area (Å²) < 4.78 is 2.18. The maximum absolute atomic E-state index is 4.67. The minimum Gasteiger partial charge on any atom is -0.306 e. The molecule has 0 saturated carbocycles. The number of aromatic nitrogens is 2. The van der Waals surface area contributed by atoms with Crippen molar-refractivity contribution in [1.29, 1.82) is 0 Å². The normalized spacial score (nSPS) is 16.8. The lowest BCUT2D eigenvalue weighted by Crippen LogP contribution is -2.25. The van der Waals surface area contributed by atoms with Gasteiger partial charge in [-0.15, -0.1) is 0 Å². The molecule has 3 nitrogen and oxygen atoms in total. The average Bonchev–Trinajstić information content (AvgIpc) is 3.05. The molecule has 3 heteroatoms. The Labute approximate surface area is 143 Å². The average molecular weight is 317 g/mol. The highest BCUT2D eigenvalue weighted by molar-refractivity contribution is 5.27. The maximum Gasteiger partial charge on any atom is 0.0662 e. The van der Waals surface area contributed by atoms with Crippen molar-refractivity contribution in [2.24, 2.45) is 0 Å². The van der Waals surface area contributed by atoms with E-state index in [2.05, 4.69) is 82.0 Å². The van der Waals surface area contributed by atoms with Crippen molar-refractivity contribution in [3.8, 4) is 0 Å². The molecule has 0 aliphatic heterocycles. The minimum atomic E-state index is 0.415. The number of hydrogen-bond acceptors (Lipinski definition) is 2. The molecule has 1 heterocycles. The van der Waals surface area contributed by atoms with Gasteiger partial charge in [0.05, 0.1) is 12.7 Å². The smallest absolute Gasteiger partial charge is 0.0662 e. The Morgan fingerprint density at radius 3 is 2.42 bits per heavy atom. The zero-order chi connectivity index (χ0) is 16.2. The van der Waals surface area contributed by atoms with Crippen LogP contribution >= 0.6 is 0 Å². The molecule has 4 rings (SSSR count). The predicted octanol–water partition coefficient (Wildman–Crippen LogP) is 4.10. The first-order valence-electron chi connectivity index (χ1n) is 8.76. The highest BCUT2D eigenvalue weighted by atomic mass is 15.3. The molecule has 1 aliphatic rings. The van der Waals surface area contributed by atoms with Crippen LogP contribution in [0.25, 0.3) is 0 Å². The second-order valence-electron chi connectivity index (χ2n) is 6.50. The molecular formula is C21H23N3. The van der Waals surface area contributed by atoms with Gasteiger partial charge in [0, 0.05) is 23.8 Å². The standard InChI is InChI=1S/C21H23N3/c1-3-8-17(9-4-1)14-22-20-12-7-13-21-19(20)15-23-24(21)16-18-10-5-2-6-11-18/h1-6,8-11,15,20,22H,7,12-14,16H2/t20-/m1/s1. The zero-order valence-electron chi connectivity index (χ0n) is 13.9. The SMILES string of the molecule is c1ccc(CN[C@@H]2CCCc3c2cnn3Cc2ccccc2)cc1. The van der Waals surface area contributed by atoms with Crippen molar-refractivity contribution in [2.45, 2.75) is 38.4 Å². The number of fused-ring (bicyclic) bond motifs is 1. The van der Waals surface area contributed by atoms with E-state index < -0.39 is 0 Å². The number of benzene rings is 2. The summed E-state index contributed by atoms with van der Waals surface area (Å²) in [6, 6.07) is 21.6. The highest BCUT2D eigenvalue weighted by Gasteiger charge is 2.23. The fourth-order valence-corrected chi connectivity index (χ4v) is 3.56. The number of rotatable bonds is 5. The van der Waals surface area contributed by atoms with Crippen LogP contribution in [0.15, 0.2) is 66.9 Å². The summed E-state index contributed by atoms with van der Waals surface area (Å²) >= 11 is 0. The fourth-order valence-electron chi connectivity index (χ4n) is 3.56. The second-order valence-corrected chi connectivity index (χ2v) is 6.50. The van der Waals surface area contributed by atoms with E-state index in [1.54, 1.807) is 0 Å². The van der Waals surface area contributed by atoms with Gasteiger partial charge in [-0.1, -0.05) is 60.7 Å². The van der Waals surface area contributed by atoms with Gasteiger partial charge in [-0.2, -0.15) is 5.10 Å². The number of hydrogen-bond donors (Lipinski definition) is 1. The summed E-state index contributed by atoms with van der Waals surface area (Å²) in [5.74, 6) is 0. The highest BCUT2D eigenvalue weighted by Crippen LogP contribution is 2.30. The first-order chi connectivity index (χ1) is 11.9. The Kier molecular flexibility index (Phi) is 4.43. The maximum atomic E-state index is 4.67. The van der Waals surface area contributed by atoms with Crippen LogP contribution in [-0.2, 0) is 19.5 Å². The van der Waals surface area contributed by atoms with Crippen molar-refractivity contribution < 1.29 is 0 Å². The topological polar surface area (TPSA) is 29.9 Å². The summed E-state index contributed by atoms with van der Waals surface area (Å²) in [5, 5.41) is 8.39. The molecule has 0 spiro atoms. The van der Waals surface area contributed by atoms with Crippen molar-refractivity contribution >= 4 is 0 Å². The third-order valence-corrected chi connectivity index (χ3v) is 4.83. The van der Waals surface area contributed by atoms with E-state index in [-0.39, 0.29) is 0 Å². The summed E-state index contributed by atoms with van der Waals surface area (Å²) in [7, 11) is 0. The first kappa shape index (κ1) is 15.2. The molecule has 0 bridgehead atoms. The Balaban J connectivity index is 1.49. The molecule has 0 amide bonds. The Bertz CT molecular complexity index is 777. The number of nitrogens with one attached hydrogen (secondary N) is 1. The second kappa shape index (κ2) is 7.02. The van der Waals surface area contributed by atoms with Crippen LogP contribution in [0.2, 0.25) is 0 Å². The van der Waals surface area contributed by atoms with E-state index in [1.165, 1.54) is 35.2 Å². The molecule has 1 aromatic heterocycles. The van der Waals surface area contributed by atoms with Gasteiger partial charge in [0.1, 0.15) is 0 Å². The molecule has 1 N–H and O–H groups in total. The van der Waals surface area contributed by atoms with E-state index in [1.807, 2.05) is 0 Å². The molecule has 122 valence electrons. The largest absolute Gasteiger partial charge is 0.306 e. The summed E-state index contributed by atoms with van der Waals surface area (Å²) in [6.07, 6.45) is 5.61. The lowest BCUT2D eigenvalue weighted by molar-refractivity contribution is 0.449.